The highest BCUT2D eigenvalue weighted by molar-refractivity contribution is 8.58. The molecule has 1 saturated heterocycles. The molecule has 0 saturated carbocycles. The molecule has 0 radical (unpaired) electrons. The second-order valence-electron chi connectivity index (χ2n) is 9.31. The van der Waals surface area contributed by atoms with E-state index in [0.29, 0.717) is 32.5 Å². The molecule has 0 aromatic heterocycles. The van der Waals surface area contributed by atoms with E-state index in [-0.39, 0.29) is 5.78 Å². The van der Waals surface area contributed by atoms with Crippen molar-refractivity contribution in [2.75, 3.05) is 19.9 Å². The van der Waals surface area contributed by atoms with Crippen LogP contribution in [0.3, 0.4) is 0 Å². The van der Waals surface area contributed by atoms with E-state index < -0.39 is 17.4 Å². The zero-order valence-corrected chi connectivity index (χ0v) is 24.2. The number of carbonyl (C=O) groups is 2. The molecule has 0 aliphatic carbocycles. The Labute approximate surface area is 230 Å². The Morgan fingerprint density at radius 1 is 0.921 bits per heavy atom. The molecule has 0 bridgehead atoms. The van der Waals surface area contributed by atoms with E-state index in [1.807, 2.05) is 92.7 Å². The highest BCUT2D eigenvalue weighted by Crippen LogP contribution is 2.70. The van der Waals surface area contributed by atoms with E-state index in [0.717, 1.165) is 40.0 Å². The van der Waals surface area contributed by atoms with Gasteiger partial charge < -0.3 is 15.0 Å². The maximum Gasteiger partial charge on any atom is 0.232 e. The van der Waals surface area contributed by atoms with Gasteiger partial charge in [0, 0.05) is 30.1 Å². The molecule has 1 atom stereocenters. The lowest BCUT2D eigenvalue weighted by Crippen LogP contribution is -2.47. The Kier molecular flexibility index (Phi) is 11.0. The van der Waals surface area contributed by atoms with Crippen LogP contribution in [-0.2, 0) is 20.5 Å². The fourth-order valence-electron chi connectivity index (χ4n) is 4.67. The summed E-state index contributed by atoms with van der Waals surface area (Å²) >= 11 is 1.26. The van der Waals surface area contributed by atoms with Crippen LogP contribution >= 0.6 is 17.7 Å². The van der Waals surface area contributed by atoms with E-state index in [2.05, 4.69) is 0 Å². The number of amides is 1. The van der Waals surface area contributed by atoms with E-state index >= 15 is 0 Å². The van der Waals surface area contributed by atoms with E-state index in [4.69, 9.17) is 10.5 Å². The molecule has 3 aromatic carbocycles. The van der Waals surface area contributed by atoms with E-state index in [1.54, 1.807) is 6.66 Å². The predicted octanol–water partition coefficient (Wildman–Crippen LogP) is 7.62. The highest BCUT2D eigenvalue weighted by Gasteiger charge is 2.51. The summed E-state index contributed by atoms with van der Waals surface area (Å²) in [7, 11) is 0. The summed E-state index contributed by atoms with van der Waals surface area (Å²) < 4.78 is 19.0. The number of Topliss-reactive ketones (excluding diaryl/α,β-unsaturated/α-hetero) is 1. The summed E-state index contributed by atoms with van der Waals surface area (Å²) in [6, 6.07) is 25.7. The molecule has 1 fully saturated rings. The van der Waals surface area contributed by atoms with Gasteiger partial charge in [0.25, 0.3) is 0 Å². The highest BCUT2D eigenvalue weighted by atomic mass is 32.7. The average molecular weight is 552 g/mol. The number of aryl methyl sites for hydroxylation is 1. The molecular formula is C31H38NO4PS. The fourth-order valence-corrected chi connectivity index (χ4v) is 9.81. The summed E-state index contributed by atoms with van der Waals surface area (Å²) in [5.41, 5.74) is 9.71. The molecule has 3 aromatic rings. The first-order chi connectivity index (χ1) is 18.3. The van der Waals surface area contributed by atoms with Crippen LogP contribution in [0.1, 0.15) is 55.5 Å². The molecule has 2 N–H and O–H groups in total. The molecule has 202 valence electrons. The normalized spacial score (nSPS) is 16.0. The number of primary amides is 1. The van der Waals surface area contributed by atoms with Gasteiger partial charge in [-0.1, -0.05) is 85.9 Å². The molecule has 0 spiro atoms. The molecule has 38 heavy (non-hydrogen) atoms. The number of carbonyl (C=O) groups excluding carboxylic acids is 2. The Morgan fingerprint density at radius 3 is 2.18 bits per heavy atom. The van der Waals surface area contributed by atoms with Crippen molar-refractivity contribution in [1.82, 2.24) is 0 Å². The lowest BCUT2D eigenvalue weighted by Gasteiger charge is -2.38. The van der Waals surface area contributed by atoms with Crippen LogP contribution in [0, 0.1) is 0 Å². The molecule has 1 amide bonds. The summed E-state index contributed by atoms with van der Waals surface area (Å²) in [5.74, 6) is -0.361. The third kappa shape index (κ3) is 7.25. The van der Waals surface area contributed by atoms with Gasteiger partial charge in [0.1, 0.15) is 5.16 Å². The summed E-state index contributed by atoms with van der Waals surface area (Å²) in [6.45, 7) is 6.46. The van der Waals surface area contributed by atoms with Crippen LogP contribution in [0.5, 0.6) is 0 Å². The quantitative estimate of drug-likeness (QED) is 0.207. The Balaban J connectivity index is 0.00000195. The predicted molar refractivity (Wildman–Crippen MR) is 158 cm³/mol. The van der Waals surface area contributed by atoms with Gasteiger partial charge in [-0.2, -0.15) is 0 Å². The molecule has 1 aliphatic rings. The molecular weight excluding hydrogens is 513 g/mol. The molecule has 4 rings (SSSR count). The second kappa shape index (κ2) is 13.9. The van der Waals surface area contributed by atoms with Crippen molar-refractivity contribution in [3.63, 3.8) is 0 Å². The minimum atomic E-state index is -2.97. The fraction of sp³-hybridized carbons (Fsp3) is 0.355. The van der Waals surface area contributed by atoms with Crippen molar-refractivity contribution < 1.29 is 18.9 Å². The topological polar surface area (TPSA) is 86.5 Å². The van der Waals surface area contributed by atoms with Gasteiger partial charge >= 0.3 is 0 Å². The monoisotopic (exact) mass is 551 g/mol. The number of benzene rings is 3. The van der Waals surface area contributed by atoms with Gasteiger partial charge in [0.2, 0.25) is 5.91 Å². The minimum absolute atomic E-state index is 0.139. The number of rotatable bonds is 10. The zero-order chi connectivity index (χ0) is 27.6. The lowest BCUT2D eigenvalue weighted by atomic mass is 9.98. The minimum Gasteiger partial charge on any atom is -0.381 e. The summed E-state index contributed by atoms with van der Waals surface area (Å²) in [5, 5.41) is -1.02. The van der Waals surface area contributed by atoms with Gasteiger partial charge in [-0.05, 0) is 67.2 Å². The first kappa shape index (κ1) is 29.9. The lowest BCUT2D eigenvalue weighted by molar-refractivity contribution is -0.122. The van der Waals surface area contributed by atoms with Crippen molar-refractivity contribution in [2.24, 2.45) is 5.73 Å². The molecule has 7 heteroatoms. The number of nitrogens with two attached hydrogens (primary N) is 1. The molecule has 1 unspecified atom stereocenters. The van der Waals surface area contributed by atoms with Gasteiger partial charge in [-0.3, -0.25) is 9.59 Å². The maximum atomic E-state index is 13.7. The van der Waals surface area contributed by atoms with Crippen LogP contribution in [0.4, 0.5) is 0 Å². The Bertz CT molecular complexity index is 1250. The zero-order valence-electron chi connectivity index (χ0n) is 22.5. The average Bonchev–Trinajstić information content (AvgIpc) is 2.95. The summed E-state index contributed by atoms with van der Waals surface area (Å²) in [4.78, 5) is 25.9. The second-order valence-corrected chi connectivity index (χ2v) is 15.2. The molecule has 1 heterocycles. The first-order valence-corrected chi connectivity index (χ1v) is 16.8. The van der Waals surface area contributed by atoms with Crippen molar-refractivity contribution in [3.8, 4) is 11.1 Å². The Hall–Kier alpha value is -2.66. The van der Waals surface area contributed by atoms with E-state index in [1.165, 1.54) is 11.4 Å². The van der Waals surface area contributed by atoms with E-state index in [9.17, 15) is 14.2 Å². The van der Waals surface area contributed by atoms with Crippen molar-refractivity contribution >= 4 is 29.4 Å². The van der Waals surface area contributed by atoms with Crippen molar-refractivity contribution in [3.05, 3.63) is 90.0 Å². The number of hydrogen-bond acceptors (Lipinski definition) is 5. The standard InChI is InChI=1S/C29H32NO4PS.C2H6/c1-35(33,29(28(30)32)17-19-34-20-18-29)36-26-15-13-22(14-16-26)7-5-12-27(31)25-11-6-10-24(21-25)23-8-3-2-4-9-23;1-2/h2-4,6,8-11,13-16,21H,5,7,12,17-20H2,1H3,(H2,30,32);1-2H3. The van der Waals surface area contributed by atoms with Gasteiger partial charge in [0.15, 0.2) is 12.1 Å². The Morgan fingerprint density at radius 2 is 1.55 bits per heavy atom. The third-order valence-electron chi connectivity index (χ3n) is 6.92. The SMILES string of the molecule is CC.CP(=O)(Sc1ccc(CCCC(=O)c2cccc(-c3ccccc3)c2)cc1)C1(C(N)=O)CCOCC1. The third-order valence-corrected chi connectivity index (χ3v) is 12.7. The molecule has 5 nitrogen and oxygen atoms in total. The summed E-state index contributed by atoms with van der Waals surface area (Å²) in [6.07, 6.45) is -0.183. The van der Waals surface area contributed by atoms with Crippen LogP contribution in [-0.4, -0.2) is 36.7 Å². The maximum absolute atomic E-state index is 13.7. The van der Waals surface area contributed by atoms with Crippen molar-refractivity contribution in [2.45, 2.75) is 56.0 Å². The van der Waals surface area contributed by atoms with Crippen LogP contribution in [0.25, 0.3) is 11.1 Å². The number of ketones is 1. The van der Waals surface area contributed by atoms with Gasteiger partial charge in [-0.15, -0.1) is 0 Å². The number of ether oxygens (including phenoxy) is 1. The van der Waals surface area contributed by atoms with Gasteiger partial charge in [0.05, 0.1) is 0 Å². The van der Waals surface area contributed by atoms with Gasteiger partial charge in [-0.25, -0.2) is 0 Å². The largest absolute Gasteiger partial charge is 0.381 e. The van der Waals surface area contributed by atoms with Crippen LogP contribution in [0.2, 0.25) is 0 Å². The molecule has 1 aliphatic heterocycles. The van der Waals surface area contributed by atoms with Crippen LogP contribution in [0.15, 0.2) is 83.8 Å². The van der Waals surface area contributed by atoms with Crippen molar-refractivity contribution in [1.29, 1.82) is 0 Å². The number of hydrogen-bond donors (Lipinski definition) is 1. The smallest absolute Gasteiger partial charge is 0.232 e. The van der Waals surface area contributed by atoms with Crippen LogP contribution < -0.4 is 5.73 Å². The first-order valence-electron chi connectivity index (χ1n) is 13.2.